The molecule has 1 amide bonds. The van der Waals surface area contributed by atoms with Crippen LogP contribution in [-0.2, 0) is 9.47 Å². The monoisotopic (exact) mass is 329 g/mol. The Bertz CT molecular complexity index is 810. The Hall–Kier alpha value is -2.09. The third kappa shape index (κ3) is 2.54. The SMILES string of the molecule is Cc1nc2ccc(C(=O)N[C@@H]3CO[C@H]4[C@@H]3OC[C@H]4O)cc2nc1C. The van der Waals surface area contributed by atoms with Crippen molar-refractivity contribution < 1.29 is 19.4 Å². The molecule has 24 heavy (non-hydrogen) atoms. The van der Waals surface area contributed by atoms with E-state index < -0.39 is 6.10 Å². The summed E-state index contributed by atoms with van der Waals surface area (Å²) in [4.78, 5) is 21.5. The molecule has 0 radical (unpaired) electrons. The lowest BCUT2D eigenvalue weighted by Crippen LogP contribution is -2.44. The number of aliphatic hydroxyl groups excluding tert-OH is 1. The zero-order valence-electron chi connectivity index (χ0n) is 13.5. The van der Waals surface area contributed by atoms with Crippen molar-refractivity contribution in [2.75, 3.05) is 13.2 Å². The van der Waals surface area contributed by atoms with Gasteiger partial charge in [0.05, 0.1) is 41.7 Å². The number of aromatic nitrogens is 2. The van der Waals surface area contributed by atoms with Crippen molar-refractivity contribution in [1.82, 2.24) is 15.3 Å². The summed E-state index contributed by atoms with van der Waals surface area (Å²) in [5.74, 6) is -0.212. The van der Waals surface area contributed by atoms with Crippen LogP contribution in [0, 0.1) is 13.8 Å². The minimum absolute atomic E-state index is 0.212. The molecule has 2 aliphatic heterocycles. The number of aryl methyl sites for hydroxylation is 2. The van der Waals surface area contributed by atoms with E-state index in [-0.39, 0.29) is 30.8 Å². The van der Waals surface area contributed by atoms with E-state index >= 15 is 0 Å². The molecule has 7 heteroatoms. The second-order valence-corrected chi connectivity index (χ2v) is 6.34. The van der Waals surface area contributed by atoms with E-state index in [1.165, 1.54) is 0 Å². The summed E-state index contributed by atoms with van der Waals surface area (Å²) in [5.41, 5.74) is 3.70. The van der Waals surface area contributed by atoms with Crippen molar-refractivity contribution in [2.45, 2.75) is 38.2 Å². The van der Waals surface area contributed by atoms with Gasteiger partial charge in [0.1, 0.15) is 18.3 Å². The van der Waals surface area contributed by atoms with Gasteiger partial charge in [-0.05, 0) is 32.0 Å². The number of benzene rings is 1. The van der Waals surface area contributed by atoms with Gasteiger partial charge in [-0.1, -0.05) is 0 Å². The van der Waals surface area contributed by atoms with Gasteiger partial charge in [-0.25, -0.2) is 9.97 Å². The molecule has 2 aromatic rings. The summed E-state index contributed by atoms with van der Waals surface area (Å²) >= 11 is 0. The van der Waals surface area contributed by atoms with Gasteiger partial charge in [-0.2, -0.15) is 0 Å². The topological polar surface area (TPSA) is 93.6 Å². The van der Waals surface area contributed by atoms with Gasteiger partial charge in [-0.3, -0.25) is 4.79 Å². The molecule has 2 fully saturated rings. The first-order chi connectivity index (χ1) is 11.5. The number of fused-ring (bicyclic) bond motifs is 2. The molecule has 1 aromatic heterocycles. The van der Waals surface area contributed by atoms with Crippen molar-refractivity contribution in [3.63, 3.8) is 0 Å². The van der Waals surface area contributed by atoms with E-state index in [0.717, 1.165) is 16.9 Å². The van der Waals surface area contributed by atoms with E-state index in [9.17, 15) is 9.90 Å². The number of amides is 1. The molecule has 7 nitrogen and oxygen atoms in total. The van der Waals surface area contributed by atoms with E-state index in [2.05, 4.69) is 15.3 Å². The van der Waals surface area contributed by atoms with Gasteiger partial charge >= 0.3 is 0 Å². The second kappa shape index (κ2) is 5.77. The minimum atomic E-state index is -0.626. The molecule has 2 aliphatic rings. The summed E-state index contributed by atoms with van der Waals surface area (Å²) in [5, 5.41) is 12.7. The highest BCUT2D eigenvalue weighted by molar-refractivity contribution is 5.97. The Morgan fingerprint density at radius 1 is 1.12 bits per heavy atom. The zero-order valence-corrected chi connectivity index (χ0v) is 13.5. The molecule has 2 saturated heterocycles. The third-order valence-corrected chi connectivity index (χ3v) is 4.68. The predicted molar refractivity (Wildman–Crippen MR) is 85.8 cm³/mol. The minimum Gasteiger partial charge on any atom is -0.388 e. The summed E-state index contributed by atoms with van der Waals surface area (Å²) in [7, 11) is 0. The molecular weight excluding hydrogens is 310 g/mol. The fourth-order valence-corrected chi connectivity index (χ4v) is 3.23. The number of carbonyl (C=O) groups excluding carboxylic acids is 1. The lowest BCUT2D eigenvalue weighted by atomic mass is 10.1. The highest BCUT2D eigenvalue weighted by Gasteiger charge is 2.47. The van der Waals surface area contributed by atoms with Crippen LogP contribution in [0.1, 0.15) is 21.7 Å². The maximum Gasteiger partial charge on any atom is 0.251 e. The number of carbonyl (C=O) groups is 1. The molecule has 0 unspecified atom stereocenters. The maximum atomic E-state index is 12.5. The molecule has 126 valence electrons. The molecule has 0 spiro atoms. The highest BCUT2D eigenvalue weighted by Crippen LogP contribution is 2.27. The second-order valence-electron chi connectivity index (χ2n) is 6.34. The lowest BCUT2D eigenvalue weighted by Gasteiger charge is -2.17. The molecular formula is C17H19N3O4. The smallest absolute Gasteiger partial charge is 0.251 e. The molecule has 0 aliphatic carbocycles. The van der Waals surface area contributed by atoms with Crippen molar-refractivity contribution in [3.05, 3.63) is 35.2 Å². The number of aliphatic hydroxyl groups is 1. The Balaban J connectivity index is 1.54. The molecule has 3 heterocycles. The largest absolute Gasteiger partial charge is 0.388 e. The van der Waals surface area contributed by atoms with Crippen LogP contribution >= 0.6 is 0 Å². The fraction of sp³-hybridized carbons (Fsp3) is 0.471. The molecule has 4 rings (SSSR count). The van der Waals surface area contributed by atoms with Crippen LogP contribution in [0.2, 0.25) is 0 Å². The van der Waals surface area contributed by atoms with Crippen molar-refractivity contribution in [1.29, 1.82) is 0 Å². The molecule has 2 N–H and O–H groups in total. The number of hydrogen-bond donors (Lipinski definition) is 2. The molecule has 0 bridgehead atoms. The van der Waals surface area contributed by atoms with Crippen molar-refractivity contribution >= 4 is 16.9 Å². The van der Waals surface area contributed by atoms with Crippen LogP contribution in [0.25, 0.3) is 11.0 Å². The Morgan fingerprint density at radius 2 is 1.83 bits per heavy atom. The first kappa shape index (κ1) is 15.4. The van der Waals surface area contributed by atoms with Gasteiger partial charge in [-0.15, -0.1) is 0 Å². The van der Waals surface area contributed by atoms with Crippen LogP contribution in [0.15, 0.2) is 18.2 Å². The van der Waals surface area contributed by atoms with Crippen LogP contribution in [0.3, 0.4) is 0 Å². The number of ether oxygens (including phenoxy) is 2. The highest BCUT2D eigenvalue weighted by atomic mass is 16.6. The average molecular weight is 329 g/mol. The molecule has 1 aromatic carbocycles. The maximum absolute atomic E-state index is 12.5. The van der Waals surface area contributed by atoms with Crippen molar-refractivity contribution in [3.8, 4) is 0 Å². The van der Waals surface area contributed by atoms with Gasteiger partial charge in [0.2, 0.25) is 0 Å². The Kier molecular flexibility index (Phi) is 3.71. The number of rotatable bonds is 2. The normalized spacial score (nSPS) is 29.0. The summed E-state index contributed by atoms with van der Waals surface area (Å²) < 4.78 is 11.1. The van der Waals surface area contributed by atoms with E-state index in [4.69, 9.17) is 9.47 Å². The first-order valence-corrected chi connectivity index (χ1v) is 8.00. The summed E-state index contributed by atoms with van der Waals surface area (Å²) in [6, 6.07) is 5.01. The Labute approximate surface area is 139 Å². The van der Waals surface area contributed by atoms with Gasteiger partial charge in [0, 0.05) is 5.56 Å². The van der Waals surface area contributed by atoms with E-state index in [0.29, 0.717) is 17.7 Å². The van der Waals surface area contributed by atoms with Crippen LogP contribution in [-0.4, -0.2) is 58.5 Å². The zero-order chi connectivity index (χ0) is 16.8. The quantitative estimate of drug-likeness (QED) is 0.833. The van der Waals surface area contributed by atoms with Gasteiger partial charge < -0.3 is 19.9 Å². The summed E-state index contributed by atoms with van der Waals surface area (Å²) in [6.45, 7) is 4.39. The molecule has 4 atom stereocenters. The van der Waals surface area contributed by atoms with E-state index in [1.54, 1.807) is 18.2 Å². The van der Waals surface area contributed by atoms with Crippen molar-refractivity contribution in [2.24, 2.45) is 0 Å². The summed E-state index contributed by atoms with van der Waals surface area (Å²) in [6.07, 6.45) is -1.28. The third-order valence-electron chi connectivity index (χ3n) is 4.68. The lowest BCUT2D eigenvalue weighted by molar-refractivity contribution is 0.0178. The van der Waals surface area contributed by atoms with Crippen LogP contribution < -0.4 is 5.32 Å². The number of nitrogens with one attached hydrogen (secondary N) is 1. The Morgan fingerprint density at radius 3 is 2.62 bits per heavy atom. The van der Waals surface area contributed by atoms with Crippen LogP contribution in [0.5, 0.6) is 0 Å². The molecule has 0 saturated carbocycles. The standard InChI is InChI=1S/C17H19N3O4/c1-8-9(2)19-12-5-10(3-4-11(12)18-8)17(22)20-13-6-23-16-14(21)7-24-15(13)16/h3-5,13-16,21H,6-7H2,1-2H3,(H,20,22)/t13-,14-,15-,16-/m1/s1. The predicted octanol–water partition coefficient (Wildman–Crippen LogP) is 0.504. The van der Waals surface area contributed by atoms with Gasteiger partial charge in [0.15, 0.2) is 0 Å². The number of nitrogens with zero attached hydrogens (tertiary/aromatic N) is 2. The van der Waals surface area contributed by atoms with E-state index in [1.807, 2.05) is 13.8 Å². The fourth-order valence-electron chi connectivity index (χ4n) is 3.23. The van der Waals surface area contributed by atoms with Gasteiger partial charge in [0.25, 0.3) is 5.91 Å². The first-order valence-electron chi connectivity index (χ1n) is 8.00. The van der Waals surface area contributed by atoms with Crippen LogP contribution in [0.4, 0.5) is 0 Å². The number of hydrogen-bond acceptors (Lipinski definition) is 6. The average Bonchev–Trinajstić information content (AvgIpc) is 3.12.